The number of benzene rings is 2. The average Bonchev–Trinajstić information content (AvgIpc) is 3.32. The van der Waals surface area contributed by atoms with E-state index in [0.717, 1.165) is 37.1 Å². The summed E-state index contributed by atoms with van der Waals surface area (Å²) < 4.78 is 8.24. The van der Waals surface area contributed by atoms with Gasteiger partial charge in [-0.2, -0.15) is 5.26 Å². The number of likely N-dealkylation sites (tertiary alicyclic amines) is 1. The van der Waals surface area contributed by atoms with Crippen molar-refractivity contribution in [3.8, 4) is 17.6 Å². The van der Waals surface area contributed by atoms with Crippen molar-refractivity contribution in [2.24, 2.45) is 7.05 Å². The molecule has 222 valence electrons. The van der Waals surface area contributed by atoms with Crippen molar-refractivity contribution < 1.29 is 14.3 Å². The number of imidazole rings is 1. The molecule has 1 aliphatic rings. The minimum atomic E-state index is -1.00. The smallest absolute Gasteiger partial charge is 0.316 e. The van der Waals surface area contributed by atoms with Crippen LogP contribution in [-0.4, -0.2) is 45.5 Å². The van der Waals surface area contributed by atoms with Gasteiger partial charge in [-0.05, 0) is 82.3 Å². The van der Waals surface area contributed by atoms with Gasteiger partial charge in [0.15, 0.2) is 0 Å². The number of likely N-dealkylation sites (N-methyl/N-ethyl adjacent to an activating group) is 1. The number of aromatic nitrogens is 2. The Morgan fingerprint density at radius 3 is 2.52 bits per heavy atom. The minimum Gasteiger partial charge on any atom is -0.456 e. The lowest BCUT2D eigenvalue weighted by molar-refractivity contribution is -0.135. The van der Waals surface area contributed by atoms with E-state index in [1.165, 1.54) is 0 Å². The monoisotopic (exact) mass is 570 g/mol. The predicted octanol–water partition coefficient (Wildman–Crippen LogP) is 5.74. The molecule has 2 aromatic carbocycles. The highest BCUT2D eigenvalue weighted by Crippen LogP contribution is 2.40. The number of amides is 3. The molecule has 0 aliphatic carbocycles. The summed E-state index contributed by atoms with van der Waals surface area (Å²) in [6.45, 7) is 10.5. The topological polar surface area (TPSA) is 112 Å². The maximum absolute atomic E-state index is 13.5. The number of carbonyl (C=O) groups excluding carboxylic acids is 2. The lowest BCUT2D eigenvalue weighted by Crippen LogP contribution is -2.54. The number of aryl methyl sites for hydroxylation is 1. The van der Waals surface area contributed by atoms with Gasteiger partial charge in [0, 0.05) is 26.2 Å². The van der Waals surface area contributed by atoms with Gasteiger partial charge < -0.3 is 24.8 Å². The Morgan fingerprint density at radius 1 is 1.12 bits per heavy atom. The number of carbonyl (C=O) groups is 2. The van der Waals surface area contributed by atoms with Crippen LogP contribution in [0.3, 0.4) is 0 Å². The molecule has 3 amide bonds. The van der Waals surface area contributed by atoms with Crippen LogP contribution in [0, 0.1) is 11.3 Å². The van der Waals surface area contributed by atoms with E-state index in [1.54, 1.807) is 24.7 Å². The molecule has 1 fully saturated rings. The molecule has 0 bridgehead atoms. The molecule has 1 aromatic heterocycles. The van der Waals surface area contributed by atoms with Gasteiger partial charge in [-0.1, -0.05) is 31.5 Å². The van der Waals surface area contributed by atoms with Gasteiger partial charge in [-0.15, -0.1) is 0 Å². The van der Waals surface area contributed by atoms with Crippen molar-refractivity contribution in [3.05, 3.63) is 77.4 Å². The molecule has 2 atom stereocenters. The van der Waals surface area contributed by atoms with Crippen molar-refractivity contribution in [2.75, 3.05) is 13.6 Å². The Balaban J connectivity index is 1.75. The third kappa shape index (κ3) is 6.13. The highest BCUT2D eigenvalue weighted by Gasteiger charge is 2.41. The minimum absolute atomic E-state index is 0.130. The van der Waals surface area contributed by atoms with E-state index in [9.17, 15) is 14.9 Å². The first-order chi connectivity index (χ1) is 19.8. The zero-order valence-electron chi connectivity index (χ0n) is 25.7. The summed E-state index contributed by atoms with van der Waals surface area (Å²) >= 11 is 0. The number of ether oxygens (including phenoxy) is 1. The van der Waals surface area contributed by atoms with Crippen LogP contribution < -0.4 is 15.4 Å². The average molecular weight is 571 g/mol. The molecule has 42 heavy (non-hydrogen) atoms. The molecule has 4 rings (SSSR count). The largest absolute Gasteiger partial charge is 0.456 e. The molecule has 9 nitrogen and oxygen atoms in total. The number of rotatable bonds is 7. The predicted molar refractivity (Wildman–Crippen MR) is 162 cm³/mol. The Kier molecular flexibility index (Phi) is 8.67. The number of urea groups is 1. The first kappa shape index (κ1) is 30.6. The summed E-state index contributed by atoms with van der Waals surface area (Å²) in [6.07, 6.45) is 6.81. The van der Waals surface area contributed by atoms with Gasteiger partial charge in [-0.3, -0.25) is 4.79 Å². The highest BCUT2D eigenvalue weighted by molar-refractivity contribution is 5.88. The van der Waals surface area contributed by atoms with Crippen LogP contribution in [0.15, 0.2) is 55.0 Å². The van der Waals surface area contributed by atoms with Crippen molar-refractivity contribution in [1.82, 2.24) is 25.1 Å². The molecule has 1 aliphatic heterocycles. The Labute approximate surface area is 248 Å². The molecule has 0 spiro atoms. The highest BCUT2D eigenvalue weighted by atomic mass is 16.5. The summed E-state index contributed by atoms with van der Waals surface area (Å²) in [6, 6.07) is 14.8. The van der Waals surface area contributed by atoms with Crippen molar-refractivity contribution >= 4 is 11.9 Å². The summed E-state index contributed by atoms with van der Waals surface area (Å²) in [5.41, 5.74) is 0.675. The molecule has 0 saturated carbocycles. The molecule has 0 radical (unpaired) electrons. The van der Waals surface area contributed by atoms with Crippen LogP contribution in [0.2, 0.25) is 0 Å². The standard InChI is InChI=1S/C33H42N6O3/c1-8-33(16-9-10-17-38(6)29(33)40)25-12-11-13-26(18-25)42-27-19-24(15-14-23(27)20-34)32(5,28-21-35-22-39(28)7)37-30(41)36-31(2,3)4/h11-15,18-19,21-22H,8-10,16-17H2,1-7H3,(H2,36,37,41)/t32-,33?/m1/s1. The molecule has 9 heteroatoms. The van der Waals surface area contributed by atoms with E-state index in [4.69, 9.17) is 4.74 Å². The molecular formula is C33H42N6O3. The second-order valence-corrected chi connectivity index (χ2v) is 12.4. The van der Waals surface area contributed by atoms with E-state index < -0.39 is 16.5 Å². The molecule has 2 N–H and O–H groups in total. The lowest BCUT2D eigenvalue weighted by atomic mass is 9.73. The fourth-order valence-electron chi connectivity index (χ4n) is 5.87. The van der Waals surface area contributed by atoms with E-state index in [-0.39, 0.29) is 11.9 Å². The number of nitrogens with one attached hydrogen (secondary N) is 2. The normalized spacial score (nSPS) is 18.9. The lowest BCUT2D eigenvalue weighted by Gasteiger charge is -2.34. The van der Waals surface area contributed by atoms with Crippen molar-refractivity contribution in [3.63, 3.8) is 0 Å². The van der Waals surface area contributed by atoms with Crippen LogP contribution >= 0.6 is 0 Å². The maximum atomic E-state index is 13.5. The van der Waals surface area contributed by atoms with Gasteiger partial charge in [-0.25, -0.2) is 9.78 Å². The van der Waals surface area contributed by atoms with E-state index in [0.29, 0.717) is 29.0 Å². The fourth-order valence-corrected chi connectivity index (χ4v) is 5.87. The third-order valence-electron chi connectivity index (χ3n) is 8.18. The number of hydrogen-bond donors (Lipinski definition) is 2. The van der Waals surface area contributed by atoms with E-state index >= 15 is 0 Å². The van der Waals surface area contributed by atoms with Gasteiger partial charge >= 0.3 is 6.03 Å². The Morgan fingerprint density at radius 2 is 1.88 bits per heavy atom. The summed E-state index contributed by atoms with van der Waals surface area (Å²) in [4.78, 5) is 32.8. The van der Waals surface area contributed by atoms with Gasteiger partial charge in [0.1, 0.15) is 23.1 Å². The summed E-state index contributed by atoms with van der Waals surface area (Å²) in [5, 5.41) is 16.0. The first-order valence-corrected chi connectivity index (χ1v) is 14.5. The molecular weight excluding hydrogens is 528 g/mol. The van der Waals surface area contributed by atoms with Crippen LogP contribution in [0.4, 0.5) is 4.79 Å². The maximum Gasteiger partial charge on any atom is 0.316 e. The molecule has 1 unspecified atom stereocenters. The molecule has 3 aromatic rings. The van der Waals surface area contributed by atoms with Crippen molar-refractivity contribution in [2.45, 2.75) is 76.8 Å². The summed E-state index contributed by atoms with van der Waals surface area (Å²) in [5.74, 6) is 1.02. The Hall–Kier alpha value is -4.32. The number of nitriles is 1. The van der Waals surface area contributed by atoms with E-state index in [1.807, 2.05) is 81.6 Å². The third-order valence-corrected chi connectivity index (χ3v) is 8.18. The summed E-state index contributed by atoms with van der Waals surface area (Å²) in [7, 11) is 3.74. The van der Waals surface area contributed by atoms with Crippen LogP contribution in [0.1, 0.15) is 82.7 Å². The Bertz CT molecular complexity index is 1500. The van der Waals surface area contributed by atoms with Gasteiger partial charge in [0.25, 0.3) is 0 Å². The first-order valence-electron chi connectivity index (χ1n) is 14.5. The number of hydrogen-bond acceptors (Lipinski definition) is 5. The zero-order valence-corrected chi connectivity index (χ0v) is 25.7. The second kappa shape index (κ2) is 11.9. The van der Waals surface area contributed by atoms with Crippen molar-refractivity contribution in [1.29, 1.82) is 5.26 Å². The zero-order chi connectivity index (χ0) is 30.7. The van der Waals surface area contributed by atoms with Crippen LogP contribution in [0.5, 0.6) is 11.5 Å². The number of nitrogens with zero attached hydrogens (tertiary/aromatic N) is 4. The van der Waals surface area contributed by atoms with Gasteiger partial charge in [0.05, 0.1) is 29.2 Å². The molecule has 1 saturated heterocycles. The SMILES string of the molecule is CCC1(c2cccc(Oc3cc([C@@](C)(NC(=O)NC(C)(C)C)c4cncn4C)ccc3C#N)c2)CCCCN(C)C1=O. The molecule has 2 heterocycles. The fraction of sp³-hybridized carbons (Fsp3) is 0.455. The van der Waals surface area contributed by atoms with E-state index in [2.05, 4.69) is 28.6 Å². The van der Waals surface area contributed by atoms with Gasteiger partial charge in [0.2, 0.25) is 5.91 Å². The van der Waals surface area contributed by atoms with Crippen LogP contribution in [-0.2, 0) is 22.8 Å². The van der Waals surface area contributed by atoms with Crippen LogP contribution in [0.25, 0.3) is 0 Å². The second-order valence-electron chi connectivity index (χ2n) is 12.4. The quantitative estimate of drug-likeness (QED) is 0.377.